The number of benzene rings is 1. The number of halogens is 1. The molecule has 0 saturated carbocycles. The van der Waals surface area contributed by atoms with Crippen LogP contribution in [0.15, 0.2) is 24.3 Å². The van der Waals surface area contributed by atoms with Crippen LogP contribution in [0.1, 0.15) is 31.7 Å². The summed E-state index contributed by atoms with van der Waals surface area (Å²) in [6.45, 7) is 4.68. The van der Waals surface area contributed by atoms with Crippen LogP contribution < -0.4 is 10.1 Å². The average Bonchev–Trinajstić information content (AvgIpc) is 2.54. The molecule has 0 spiro atoms. The monoisotopic (exact) mass is 326 g/mol. The fourth-order valence-electron chi connectivity index (χ4n) is 2.74. The maximum atomic E-state index is 12.3. The van der Waals surface area contributed by atoms with Gasteiger partial charge in [-0.1, -0.05) is 12.1 Å². The van der Waals surface area contributed by atoms with Gasteiger partial charge in [0.15, 0.2) is 0 Å². The van der Waals surface area contributed by atoms with Gasteiger partial charge in [-0.25, -0.2) is 0 Å². The fraction of sp³-hybridized carbons (Fsp3) is 0.588. The van der Waals surface area contributed by atoms with Crippen LogP contribution in [0, 0.1) is 0 Å². The number of carbonyl (C=O) groups is 1. The van der Waals surface area contributed by atoms with E-state index in [1.165, 1.54) is 5.56 Å². The minimum atomic E-state index is 0. The molecule has 0 aliphatic carbocycles. The lowest BCUT2D eigenvalue weighted by Crippen LogP contribution is -2.44. The highest BCUT2D eigenvalue weighted by atomic mass is 35.5. The Morgan fingerprint density at radius 2 is 1.91 bits per heavy atom. The molecule has 0 unspecified atom stereocenters. The van der Waals surface area contributed by atoms with Gasteiger partial charge in [-0.15, -0.1) is 12.4 Å². The lowest BCUT2D eigenvalue weighted by atomic mass is 10.0. The number of hydrogen-bond acceptors (Lipinski definition) is 3. The molecule has 22 heavy (non-hydrogen) atoms. The zero-order valence-electron chi connectivity index (χ0n) is 13.5. The van der Waals surface area contributed by atoms with Gasteiger partial charge in [0.05, 0.1) is 6.61 Å². The van der Waals surface area contributed by atoms with Crippen LogP contribution >= 0.6 is 12.4 Å². The van der Waals surface area contributed by atoms with E-state index in [4.69, 9.17) is 4.74 Å². The first-order valence-corrected chi connectivity index (χ1v) is 7.89. The highest BCUT2D eigenvalue weighted by molar-refractivity contribution is 5.85. The first-order valence-electron chi connectivity index (χ1n) is 7.89. The zero-order valence-corrected chi connectivity index (χ0v) is 14.3. The lowest BCUT2D eigenvalue weighted by Gasteiger charge is -2.31. The van der Waals surface area contributed by atoms with Crippen LogP contribution in [0.2, 0.25) is 0 Å². The van der Waals surface area contributed by atoms with Crippen LogP contribution in [-0.2, 0) is 11.2 Å². The van der Waals surface area contributed by atoms with Crippen molar-refractivity contribution in [2.24, 2.45) is 0 Å². The van der Waals surface area contributed by atoms with E-state index in [0.717, 1.165) is 38.1 Å². The molecule has 0 atom stereocenters. The summed E-state index contributed by atoms with van der Waals surface area (Å²) in [4.78, 5) is 14.2. The van der Waals surface area contributed by atoms with E-state index in [9.17, 15) is 4.79 Å². The molecule has 1 amide bonds. The fourth-order valence-corrected chi connectivity index (χ4v) is 2.74. The Balaban J connectivity index is 0.00000242. The smallest absolute Gasteiger partial charge is 0.222 e. The van der Waals surface area contributed by atoms with Gasteiger partial charge in [0.1, 0.15) is 5.75 Å². The first kappa shape index (κ1) is 18.8. The van der Waals surface area contributed by atoms with E-state index in [-0.39, 0.29) is 18.3 Å². The van der Waals surface area contributed by atoms with Crippen molar-refractivity contribution in [1.82, 2.24) is 10.2 Å². The lowest BCUT2D eigenvalue weighted by molar-refractivity contribution is -0.132. The summed E-state index contributed by atoms with van der Waals surface area (Å²) in [6, 6.07) is 8.43. The number of aryl methyl sites for hydroxylation is 1. The number of rotatable bonds is 6. The third-order valence-corrected chi connectivity index (χ3v) is 4.11. The molecule has 1 saturated heterocycles. The van der Waals surface area contributed by atoms with Crippen LogP contribution in [0.4, 0.5) is 0 Å². The Morgan fingerprint density at radius 3 is 2.50 bits per heavy atom. The highest BCUT2D eigenvalue weighted by Gasteiger charge is 2.21. The molecule has 1 heterocycles. The molecule has 1 aliphatic heterocycles. The third kappa shape index (κ3) is 5.50. The largest absolute Gasteiger partial charge is 0.494 e. The molecular weight excluding hydrogens is 300 g/mol. The van der Waals surface area contributed by atoms with E-state index >= 15 is 0 Å². The summed E-state index contributed by atoms with van der Waals surface area (Å²) in [6.07, 6.45) is 3.49. The molecule has 5 heteroatoms. The number of ether oxygens (including phenoxy) is 1. The number of nitrogens with zero attached hydrogens (tertiary/aromatic N) is 1. The molecule has 1 aliphatic rings. The number of piperidine rings is 1. The standard InChI is InChI=1S/C17H26N2O2.ClH/c1-3-21-16-7-4-14(5-8-16)6-9-17(20)19(2)15-10-12-18-13-11-15;/h4-5,7-8,15,18H,3,6,9-13H2,1-2H3;1H. The van der Waals surface area contributed by atoms with Gasteiger partial charge in [0.2, 0.25) is 5.91 Å². The molecule has 2 rings (SSSR count). The summed E-state index contributed by atoms with van der Waals surface area (Å²) in [5, 5.41) is 3.33. The Bertz CT molecular complexity index is 444. The summed E-state index contributed by atoms with van der Waals surface area (Å²) in [5.41, 5.74) is 1.19. The second-order valence-corrected chi connectivity index (χ2v) is 5.56. The average molecular weight is 327 g/mol. The molecule has 124 valence electrons. The molecule has 4 nitrogen and oxygen atoms in total. The van der Waals surface area contributed by atoms with Gasteiger partial charge < -0.3 is 15.0 Å². The van der Waals surface area contributed by atoms with Gasteiger partial charge in [-0.2, -0.15) is 0 Å². The van der Waals surface area contributed by atoms with Crippen LogP contribution in [0.5, 0.6) is 5.75 Å². The molecular formula is C17H27ClN2O2. The highest BCUT2D eigenvalue weighted by Crippen LogP contribution is 2.15. The van der Waals surface area contributed by atoms with Crippen LogP contribution in [0.25, 0.3) is 0 Å². The molecule has 1 aromatic carbocycles. The van der Waals surface area contributed by atoms with Gasteiger partial charge in [0, 0.05) is 19.5 Å². The summed E-state index contributed by atoms with van der Waals surface area (Å²) in [5.74, 6) is 1.13. The minimum absolute atomic E-state index is 0. The summed E-state index contributed by atoms with van der Waals surface area (Å²) < 4.78 is 5.42. The molecule has 1 fully saturated rings. The Kier molecular flexibility index (Phi) is 8.28. The van der Waals surface area contributed by atoms with E-state index in [1.54, 1.807) is 0 Å². The summed E-state index contributed by atoms with van der Waals surface area (Å²) >= 11 is 0. The van der Waals surface area contributed by atoms with Gasteiger partial charge >= 0.3 is 0 Å². The van der Waals surface area contributed by atoms with Gasteiger partial charge in [0.25, 0.3) is 0 Å². The van der Waals surface area contributed by atoms with Crippen molar-refractivity contribution in [2.45, 2.75) is 38.6 Å². The second kappa shape index (κ2) is 9.70. The van der Waals surface area contributed by atoms with E-state index in [0.29, 0.717) is 19.1 Å². The van der Waals surface area contributed by atoms with Gasteiger partial charge in [-0.05, 0) is 57.0 Å². The molecule has 1 aromatic rings. The molecule has 0 radical (unpaired) electrons. The predicted octanol–water partition coefficient (Wildman–Crippen LogP) is 2.65. The Hall–Kier alpha value is -1.26. The Labute approximate surface area is 139 Å². The topological polar surface area (TPSA) is 41.6 Å². The van der Waals surface area contributed by atoms with Crippen molar-refractivity contribution < 1.29 is 9.53 Å². The number of nitrogens with one attached hydrogen (secondary N) is 1. The SMILES string of the molecule is CCOc1ccc(CCC(=O)N(C)C2CCNCC2)cc1.Cl. The summed E-state index contributed by atoms with van der Waals surface area (Å²) in [7, 11) is 1.94. The number of amides is 1. The molecule has 1 N–H and O–H groups in total. The zero-order chi connectivity index (χ0) is 15.1. The molecule has 0 bridgehead atoms. The van der Waals surface area contributed by atoms with Crippen molar-refractivity contribution in [2.75, 3.05) is 26.7 Å². The van der Waals surface area contributed by atoms with Crippen molar-refractivity contribution >= 4 is 18.3 Å². The van der Waals surface area contributed by atoms with E-state index < -0.39 is 0 Å². The molecule has 0 aromatic heterocycles. The van der Waals surface area contributed by atoms with E-state index in [2.05, 4.69) is 5.32 Å². The minimum Gasteiger partial charge on any atom is -0.494 e. The maximum absolute atomic E-state index is 12.3. The van der Waals surface area contributed by atoms with Crippen molar-refractivity contribution in [3.05, 3.63) is 29.8 Å². The maximum Gasteiger partial charge on any atom is 0.222 e. The van der Waals surface area contributed by atoms with Crippen molar-refractivity contribution in [3.8, 4) is 5.75 Å². The third-order valence-electron chi connectivity index (χ3n) is 4.11. The predicted molar refractivity (Wildman–Crippen MR) is 91.8 cm³/mol. The number of carbonyl (C=O) groups excluding carboxylic acids is 1. The van der Waals surface area contributed by atoms with Crippen molar-refractivity contribution in [3.63, 3.8) is 0 Å². The number of hydrogen-bond donors (Lipinski definition) is 1. The normalized spacial score (nSPS) is 15.0. The van der Waals surface area contributed by atoms with Crippen molar-refractivity contribution in [1.29, 1.82) is 0 Å². The quantitative estimate of drug-likeness (QED) is 0.874. The van der Waals surface area contributed by atoms with Crippen LogP contribution in [-0.4, -0.2) is 43.6 Å². The second-order valence-electron chi connectivity index (χ2n) is 5.56. The van der Waals surface area contributed by atoms with Crippen LogP contribution in [0.3, 0.4) is 0 Å². The van der Waals surface area contributed by atoms with Gasteiger partial charge in [-0.3, -0.25) is 4.79 Å². The van der Waals surface area contributed by atoms with E-state index in [1.807, 2.05) is 43.1 Å². The Morgan fingerprint density at radius 1 is 1.27 bits per heavy atom. The first-order chi connectivity index (χ1) is 10.2.